The smallest absolute Gasteiger partial charge is 0.317 e. The second-order valence-corrected chi connectivity index (χ2v) is 9.72. The quantitative estimate of drug-likeness (QED) is 0.436. The molecule has 186 valence electrons. The number of urea groups is 1. The zero-order chi connectivity index (χ0) is 23.3. The van der Waals surface area contributed by atoms with Crippen LogP contribution in [0, 0.1) is 11.8 Å². The first kappa shape index (κ1) is 26.0. The Kier molecular flexibility index (Phi) is 11.5. The van der Waals surface area contributed by atoms with Crippen molar-refractivity contribution >= 4 is 6.03 Å². The van der Waals surface area contributed by atoms with E-state index in [0.29, 0.717) is 19.1 Å². The molecule has 0 spiro atoms. The lowest BCUT2D eigenvalue weighted by Gasteiger charge is -2.38. The molecule has 6 heteroatoms. The molecule has 1 aliphatic heterocycles. The summed E-state index contributed by atoms with van der Waals surface area (Å²) in [5, 5.41) is 3.25. The predicted octanol–water partition coefficient (Wildman–Crippen LogP) is 4.89. The average molecular weight is 460 g/mol. The maximum atomic E-state index is 13.1. The van der Waals surface area contributed by atoms with Gasteiger partial charge in [0.15, 0.2) is 0 Å². The monoisotopic (exact) mass is 459 g/mol. The number of ether oxygens (including phenoxy) is 2. The number of nitrogens with one attached hydrogen (secondary N) is 1. The SMILES string of the molecule is CCOCCCOC(c1ccccc1)C1CCCN(C(=O)N[C@H](CN)CC2CCCCC2)C1. The highest BCUT2D eigenvalue weighted by Crippen LogP contribution is 2.33. The van der Waals surface area contributed by atoms with Gasteiger partial charge in [0.25, 0.3) is 0 Å². The van der Waals surface area contributed by atoms with E-state index in [1.165, 1.54) is 37.7 Å². The van der Waals surface area contributed by atoms with E-state index in [1.807, 2.05) is 17.9 Å². The summed E-state index contributed by atoms with van der Waals surface area (Å²) in [5.74, 6) is 0.989. The van der Waals surface area contributed by atoms with Gasteiger partial charge in [-0.05, 0) is 44.1 Å². The van der Waals surface area contributed by atoms with Gasteiger partial charge in [0, 0.05) is 51.4 Å². The summed E-state index contributed by atoms with van der Waals surface area (Å²) < 4.78 is 11.9. The normalized spacial score (nSPS) is 21.5. The molecule has 2 aliphatic rings. The summed E-state index contributed by atoms with van der Waals surface area (Å²) in [6, 6.07) is 10.6. The van der Waals surface area contributed by atoms with E-state index in [9.17, 15) is 4.79 Å². The van der Waals surface area contributed by atoms with Crippen LogP contribution in [0.4, 0.5) is 4.79 Å². The van der Waals surface area contributed by atoms with E-state index >= 15 is 0 Å². The summed E-state index contributed by atoms with van der Waals surface area (Å²) in [6.07, 6.45) is 10.5. The Morgan fingerprint density at radius 3 is 2.64 bits per heavy atom. The fourth-order valence-electron chi connectivity index (χ4n) is 5.41. The summed E-state index contributed by atoms with van der Waals surface area (Å²) in [6.45, 7) is 6.16. The number of amides is 2. The van der Waals surface area contributed by atoms with Gasteiger partial charge in [-0.3, -0.25) is 0 Å². The first-order valence-corrected chi connectivity index (χ1v) is 13.2. The van der Waals surface area contributed by atoms with Crippen molar-refractivity contribution in [2.75, 3.05) is 39.5 Å². The largest absolute Gasteiger partial charge is 0.382 e. The number of nitrogens with zero attached hydrogens (tertiary/aromatic N) is 1. The van der Waals surface area contributed by atoms with Gasteiger partial charge in [-0.15, -0.1) is 0 Å². The van der Waals surface area contributed by atoms with Crippen LogP contribution >= 0.6 is 0 Å². The topological polar surface area (TPSA) is 76.8 Å². The first-order chi connectivity index (χ1) is 16.2. The number of benzene rings is 1. The van der Waals surface area contributed by atoms with Gasteiger partial charge >= 0.3 is 6.03 Å². The van der Waals surface area contributed by atoms with Gasteiger partial charge in [-0.25, -0.2) is 4.79 Å². The second kappa shape index (κ2) is 14.6. The van der Waals surface area contributed by atoms with Crippen LogP contribution in [0.5, 0.6) is 0 Å². The molecule has 1 aromatic rings. The van der Waals surface area contributed by atoms with E-state index in [0.717, 1.165) is 52.0 Å². The lowest BCUT2D eigenvalue weighted by Crippen LogP contribution is -2.51. The highest BCUT2D eigenvalue weighted by atomic mass is 16.5. The van der Waals surface area contributed by atoms with Gasteiger partial charge < -0.3 is 25.4 Å². The van der Waals surface area contributed by atoms with Crippen LogP contribution < -0.4 is 11.1 Å². The van der Waals surface area contributed by atoms with E-state index in [1.54, 1.807) is 0 Å². The molecule has 0 aromatic heterocycles. The lowest BCUT2D eigenvalue weighted by molar-refractivity contribution is -0.0184. The predicted molar refractivity (Wildman–Crippen MR) is 133 cm³/mol. The van der Waals surface area contributed by atoms with Gasteiger partial charge in [0.1, 0.15) is 0 Å². The number of rotatable bonds is 12. The molecule has 1 aromatic carbocycles. The number of hydrogen-bond donors (Lipinski definition) is 2. The van der Waals surface area contributed by atoms with Crippen LogP contribution in [-0.2, 0) is 9.47 Å². The highest BCUT2D eigenvalue weighted by molar-refractivity contribution is 5.74. The summed E-state index contributed by atoms with van der Waals surface area (Å²) in [7, 11) is 0. The van der Waals surface area contributed by atoms with Crippen LogP contribution in [0.15, 0.2) is 30.3 Å². The van der Waals surface area contributed by atoms with E-state index < -0.39 is 0 Å². The Bertz CT molecular complexity index is 666. The van der Waals surface area contributed by atoms with Crippen molar-refractivity contribution in [2.45, 2.75) is 76.9 Å². The van der Waals surface area contributed by atoms with Crippen molar-refractivity contribution in [1.82, 2.24) is 10.2 Å². The van der Waals surface area contributed by atoms with E-state index in [-0.39, 0.29) is 24.1 Å². The molecule has 0 radical (unpaired) electrons. The molecule has 6 nitrogen and oxygen atoms in total. The second-order valence-electron chi connectivity index (χ2n) is 9.72. The number of nitrogens with two attached hydrogens (primary N) is 1. The first-order valence-electron chi connectivity index (χ1n) is 13.2. The number of likely N-dealkylation sites (tertiary alicyclic amines) is 1. The number of piperidine rings is 1. The van der Waals surface area contributed by atoms with Gasteiger partial charge in [-0.2, -0.15) is 0 Å². The van der Waals surface area contributed by atoms with Crippen molar-refractivity contribution in [2.24, 2.45) is 17.6 Å². The minimum absolute atomic E-state index is 0.00373. The lowest BCUT2D eigenvalue weighted by atomic mass is 9.85. The Morgan fingerprint density at radius 1 is 1.12 bits per heavy atom. The molecule has 3 atom stereocenters. The van der Waals surface area contributed by atoms with Crippen LogP contribution in [0.25, 0.3) is 0 Å². The number of hydrogen-bond acceptors (Lipinski definition) is 4. The molecule has 2 amide bonds. The number of carbonyl (C=O) groups is 1. The Balaban J connectivity index is 1.56. The van der Waals surface area contributed by atoms with Crippen molar-refractivity contribution in [1.29, 1.82) is 0 Å². The standard InChI is InChI=1S/C27H45N3O3/c1-2-32-17-10-18-33-26(23-13-7-4-8-14-23)24-15-9-16-30(21-24)27(31)29-25(20-28)19-22-11-5-3-6-12-22/h4,7-8,13-14,22,24-26H,2-3,5-6,9-12,15-21,28H2,1H3,(H,29,31)/t24?,25-,26?/m0/s1. The summed E-state index contributed by atoms with van der Waals surface area (Å²) in [4.78, 5) is 15.1. The van der Waals surface area contributed by atoms with Gasteiger partial charge in [0.05, 0.1) is 6.10 Å². The summed E-state index contributed by atoms with van der Waals surface area (Å²) in [5.41, 5.74) is 7.24. The molecule has 1 saturated carbocycles. The Morgan fingerprint density at radius 2 is 1.91 bits per heavy atom. The van der Waals surface area contributed by atoms with Crippen molar-refractivity contribution in [3.63, 3.8) is 0 Å². The Labute approximate surface area is 200 Å². The fourth-order valence-corrected chi connectivity index (χ4v) is 5.41. The summed E-state index contributed by atoms with van der Waals surface area (Å²) >= 11 is 0. The molecule has 2 unspecified atom stereocenters. The van der Waals surface area contributed by atoms with Gasteiger partial charge in [-0.1, -0.05) is 62.4 Å². The maximum Gasteiger partial charge on any atom is 0.317 e. The van der Waals surface area contributed by atoms with Crippen molar-refractivity contribution in [3.05, 3.63) is 35.9 Å². The van der Waals surface area contributed by atoms with E-state index in [4.69, 9.17) is 15.2 Å². The third-order valence-electron chi connectivity index (χ3n) is 7.19. The third kappa shape index (κ3) is 8.58. The molecule has 0 bridgehead atoms. The van der Waals surface area contributed by atoms with Crippen molar-refractivity contribution in [3.8, 4) is 0 Å². The molecule has 3 rings (SSSR count). The maximum absolute atomic E-state index is 13.1. The van der Waals surface area contributed by atoms with Crippen LogP contribution in [0.1, 0.15) is 76.4 Å². The fraction of sp³-hybridized carbons (Fsp3) is 0.741. The zero-order valence-electron chi connectivity index (χ0n) is 20.6. The zero-order valence-corrected chi connectivity index (χ0v) is 20.6. The minimum Gasteiger partial charge on any atom is -0.382 e. The molecule has 2 fully saturated rings. The molecule has 33 heavy (non-hydrogen) atoms. The molecule has 1 heterocycles. The van der Waals surface area contributed by atoms with Crippen molar-refractivity contribution < 1.29 is 14.3 Å². The van der Waals surface area contributed by atoms with Crippen LogP contribution in [0.2, 0.25) is 0 Å². The molecule has 3 N–H and O–H groups in total. The Hall–Kier alpha value is -1.63. The number of carbonyl (C=O) groups excluding carboxylic acids is 1. The van der Waals surface area contributed by atoms with E-state index in [2.05, 4.69) is 29.6 Å². The molecule has 1 aliphatic carbocycles. The van der Waals surface area contributed by atoms with Crippen LogP contribution in [0.3, 0.4) is 0 Å². The van der Waals surface area contributed by atoms with Crippen LogP contribution in [-0.4, -0.2) is 56.4 Å². The molecule has 1 saturated heterocycles. The minimum atomic E-state index is -0.00373. The molecular formula is C27H45N3O3. The highest BCUT2D eigenvalue weighted by Gasteiger charge is 2.32. The third-order valence-corrected chi connectivity index (χ3v) is 7.19. The molecular weight excluding hydrogens is 414 g/mol. The van der Waals surface area contributed by atoms with Gasteiger partial charge in [0.2, 0.25) is 0 Å². The average Bonchev–Trinajstić information content (AvgIpc) is 2.87.